The minimum atomic E-state index is -1.36. The lowest BCUT2D eigenvalue weighted by Crippen LogP contribution is -2.55. The zero-order valence-electron chi connectivity index (χ0n) is 24.1. The van der Waals surface area contributed by atoms with E-state index in [4.69, 9.17) is 9.47 Å². The molecule has 0 heterocycles. The fraction of sp³-hybridized carbons (Fsp3) is 0.448. The van der Waals surface area contributed by atoms with E-state index in [2.05, 4.69) is 21.2 Å². The van der Waals surface area contributed by atoms with E-state index in [1.54, 1.807) is 40.0 Å². The van der Waals surface area contributed by atoms with Crippen LogP contribution in [0.1, 0.15) is 62.8 Å². The monoisotopic (exact) mass is 556 g/mol. The summed E-state index contributed by atoms with van der Waals surface area (Å²) in [6.07, 6.45) is 0.678. The summed E-state index contributed by atoms with van der Waals surface area (Å²) in [5, 5.41) is 28.3. The highest BCUT2D eigenvalue weighted by Gasteiger charge is 2.28. The molecule has 2 aromatic rings. The molecule has 218 valence electrons. The number of aromatic hydroxyl groups is 1. The summed E-state index contributed by atoms with van der Waals surface area (Å²) in [6, 6.07) is 7.52. The van der Waals surface area contributed by atoms with Crippen molar-refractivity contribution in [1.29, 1.82) is 0 Å². The number of carbonyl (C=O) groups excluding carboxylic acids is 3. The lowest BCUT2D eigenvalue weighted by Gasteiger charge is -2.24. The lowest BCUT2D eigenvalue weighted by molar-refractivity contribution is -0.130. The van der Waals surface area contributed by atoms with Crippen molar-refractivity contribution in [3.63, 3.8) is 0 Å². The molecule has 5 N–H and O–H groups in total. The van der Waals surface area contributed by atoms with Crippen LogP contribution >= 0.6 is 0 Å². The molecule has 3 amide bonds. The molecule has 2 rings (SSSR count). The van der Waals surface area contributed by atoms with Crippen molar-refractivity contribution in [2.75, 3.05) is 13.7 Å². The molecule has 0 aliphatic heterocycles. The Morgan fingerprint density at radius 1 is 1.02 bits per heavy atom. The maximum Gasteiger partial charge on any atom is 0.408 e. The molecule has 0 aliphatic carbocycles. The molecule has 11 nitrogen and oxygen atoms in total. The molecular weight excluding hydrogens is 516 g/mol. The Balaban J connectivity index is 2.22. The van der Waals surface area contributed by atoms with Gasteiger partial charge in [-0.15, -0.1) is 0 Å². The van der Waals surface area contributed by atoms with Gasteiger partial charge in [0.25, 0.3) is 5.91 Å². The number of nitrogens with one attached hydrogen (secondary N) is 3. The number of alkyl carbamates (subject to hydrolysis) is 1. The molecule has 0 bridgehead atoms. The Bertz CT molecular complexity index is 1200. The maximum atomic E-state index is 13.1. The lowest BCUT2D eigenvalue weighted by atomic mass is 9.97. The van der Waals surface area contributed by atoms with Gasteiger partial charge in [0.15, 0.2) is 0 Å². The molecule has 0 unspecified atom stereocenters. The second kappa shape index (κ2) is 14.3. The third-order valence-electron chi connectivity index (χ3n) is 5.82. The van der Waals surface area contributed by atoms with E-state index in [9.17, 15) is 24.6 Å². The van der Waals surface area contributed by atoms with Gasteiger partial charge in [-0.25, -0.2) is 10.2 Å². The Kier molecular flexibility index (Phi) is 11.5. The number of benzene rings is 2. The highest BCUT2D eigenvalue weighted by molar-refractivity contribution is 5.92. The average molecular weight is 557 g/mol. The molecule has 2 aromatic carbocycles. The predicted molar refractivity (Wildman–Crippen MR) is 152 cm³/mol. The molecule has 0 saturated heterocycles. The van der Waals surface area contributed by atoms with Gasteiger partial charge in [0.2, 0.25) is 5.91 Å². The van der Waals surface area contributed by atoms with E-state index in [0.717, 1.165) is 22.4 Å². The van der Waals surface area contributed by atoms with Crippen LogP contribution in [0.3, 0.4) is 0 Å². The molecular formula is C29H40N4O7. The molecule has 2 atom stereocenters. The van der Waals surface area contributed by atoms with Gasteiger partial charge in [0, 0.05) is 6.42 Å². The zero-order chi connectivity index (χ0) is 30.0. The summed E-state index contributed by atoms with van der Waals surface area (Å²) < 4.78 is 10.6. The van der Waals surface area contributed by atoms with Crippen LogP contribution < -0.4 is 20.8 Å². The van der Waals surface area contributed by atoms with Gasteiger partial charge in [0.05, 0.1) is 19.9 Å². The molecule has 0 aromatic heterocycles. The van der Waals surface area contributed by atoms with Gasteiger partial charge in [-0.2, -0.15) is 5.10 Å². The van der Waals surface area contributed by atoms with Crippen LogP contribution in [0, 0.1) is 6.92 Å². The number of amides is 3. The van der Waals surface area contributed by atoms with Gasteiger partial charge in [-0.05, 0) is 80.1 Å². The number of phenolic OH excluding ortho intramolecular Hbond substituents is 1. The standard InChI is InChI=1S/C29H40N4O7/c1-17(2)22-14-20(18(3)12-25(22)39-7)15-30-33-27(37)23(13-19-8-10-21(35)11-9-19)31-26(36)24(16-34)32-28(38)40-29(4,5)6/h8-12,14-15,17,23-24,34-35H,13,16H2,1-7H3,(H,31,36)(H,32,38)(H,33,37)/b30-15-/t23-,24-/m0/s1. The van der Waals surface area contributed by atoms with Crippen molar-refractivity contribution in [2.24, 2.45) is 5.10 Å². The van der Waals surface area contributed by atoms with Crippen molar-refractivity contribution in [3.05, 3.63) is 58.7 Å². The summed E-state index contributed by atoms with van der Waals surface area (Å²) in [6.45, 7) is 10.3. The van der Waals surface area contributed by atoms with E-state index >= 15 is 0 Å². The Morgan fingerprint density at radius 3 is 2.23 bits per heavy atom. The van der Waals surface area contributed by atoms with Crippen molar-refractivity contribution in [2.45, 2.75) is 71.6 Å². The average Bonchev–Trinajstić information content (AvgIpc) is 2.87. The van der Waals surface area contributed by atoms with Gasteiger partial charge in [-0.1, -0.05) is 26.0 Å². The van der Waals surface area contributed by atoms with E-state index < -0.39 is 42.2 Å². The number of rotatable bonds is 11. The number of carbonyl (C=O) groups is 3. The third kappa shape index (κ3) is 9.88. The highest BCUT2D eigenvalue weighted by atomic mass is 16.6. The number of methoxy groups -OCH3 is 1. The van der Waals surface area contributed by atoms with Crippen molar-refractivity contribution < 1.29 is 34.1 Å². The largest absolute Gasteiger partial charge is 0.508 e. The van der Waals surface area contributed by atoms with Gasteiger partial charge >= 0.3 is 6.09 Å². The van der Waals surface area contributed by atoms with E-state index in [1.807, 2.05) is 32.9 Å². The number of phenols is 1. The smallest absolute Gasteiger partial charge is 0.408 e. The molecule has 0 aliphatic rings. The summed E-state index contributed by atoms with van der Waals surface area (Å²) >= 11 is 0. The first-order valence-electron chi connectivity index (χ1n) is 12.9. The number of hydrogen-bond donors (Lipinski definition) is 5. The van der Waals surface area contributed by atoms with Crippen LogP contribution in [0.25, 0.3) is 0 Å². The summed E-state index contributed by atoms with van der Waals surface area (Å²) in [5.41, 5.74) is 4.97. The number of aliphatic hydroxyl groups is 1. The molecule has 0 saturated carbocycles. The normalized spacial score (nSPS) is 13.0. The number of aliphatic hydroxyl groups excluding tert-OH is 1. The Morgan fingerprint density at radius 2 is 1.68 bits per heavy atom. The first kappa shape index (κ1) is 32.1. The topological polar surface area (TPSA) is 159 Å². The van der Waals surface area contributed by atoms with Crippen LogP contribution in [-0.4, -0.2) is 65.7 Å². The molecule has 40 heavy (non-hydrogen) atoms. The third-order valence-corrected chi connectivity index (χ3v) is 5.82. The maximum absolute atomic E-state index is 13.1. The second-order valence-corrected chi connectivity index (χ2v) is 10.7. The molecule has 0 spiro atoms. The summed E-state index contributed by atoms with van der Waals surface area (Å²) in [5.74, 6) is -0.388. The van der Waals surface area contributed by atoms with Crippen molar-refractivity contribution in [1.82, 2.24) is 16.1 Å². The minimum Gasteiger partial charge on any atom is -0.508 e. The summed E-state index contributed by atoms with van der Waals surface area (Å²) in [4.78, 5) is 38.2. The number of ether oxygens (including phenoxy) is 2. The van der Waals surface area contributed by atoms with Crippen LogP contribution in [0.2, 0.25) is 0 Å². The predicted octanol–water partition coefficient (Wildman–Crippen LogP) is 2.90. The van der Waals surface area contributed by atoms with E-state index in [1.165, 1.54) is 18.3 Å². The quantitative estimate of drug-likeness (QED) is 0.210. The van der Waals surface area contributed by atoms with E-state index in [0.29, 0.717) is 5.56 Å². The van der Waals surface area contributed by atoms with Crippen LogP contribution in [0.5, 0.6) is 11.5 Å². The molecule has 11 heteroatoms. The number of hydrazone groups is 1. The van der Waals surface area contributed by atoms with Crippen LogP contribution in [0.15, 0.2) is 41.5 Å². The van der Waals surface area contributed by atoms with Gasteiger partial charge in [-0.3, -0.25) is 9.59 Å². The Hall–Kier alpha value is -4.12. The van der Waals surface area contributed by atoms with E-state index in [-0.39, 0.29) is 18.1 Å². The van der Waals surface area contributed by atoms with Gasteiger partial charge < -0.3 is 30.3 Å². The number of hydrogen-bond acceptors (Lipinski definition) is 8. The fourth-order valence-electron chi connectivity index (χ4n) is 3.72. The van der Waals surface area contributed by atoms with Gasteiger partial charge in [0.1, 0.15) is 29.2 Å². The number of nitrogens with zero attached hydrogens (tertiary/aromatic N) is 1. The van der Waals surface area contributed by atoms with Crippen LogP contribution in [0.4, 0.5) is 4.79 Å². The first-order valence-corrected chi connectivity index (χ1v) is 12.9. The minimum absolute atomic E-state index is 0.0518. The summed E-state index contributed by atoms with van der Waals surface area (Å²) in [7, 11) is 1.61. The molecule has 0 radical (unpaired) electrons. The van der Waals surface area contributed by atoms with Crippen molar-refractivity contribution >= 4 is 24.1 Å². The Labute approximate surface area is 235 Å². The van der Waals surface area contributed by atoms with Crippen LogP contribution in [-0.2, 0) is 20.7 Å². The molecule has 0 fully saturated rings. The first-order chi connectivity index (χ1) is 18.7. The fourth-order valence-corrected chi connectivity index (χ4v) is 3.72. The SMILES string of the molecule is COc1cc(C)c(/C=N\NC(=O)[C@H](Cc2ccc(O)cc2)NC(=O)[C@H](CO)NC(=O)OC(C)(C)C)cc1C(C)C. The second-order valence-electron chi connectivity index (χ2n) is 10.7. The number of aryl methyl sites for hydroxylation is 1. The highest BCUT2D eigenvalue weighted by Crippen LogP contribution is 2.29. The zero-order valence-corrected chi connectivity index (χ0v) is 24.1. The van der Waals surface area contributed by atoms with Crippen molar-refractivity contribution in [3.8, 4) is 11.5 Å².